The highest BCUT2D eigenvalue weighted by molar-refractivity contribution is 7.80. The Morgan fingerprint density at radius 1 is 0.973 bits per heavy atom. The zero-order chi connectivity index (χ0) is 26.3. The lowest BCUT2D eigenvalue weighted by molar-refractivity contribution is 0.0600. The van der Waals surface area contributed by atoms with E-state index in [0.29, 0.717) is 10.7 Å². The number of hydrogen-bond donors (Lipinski definition) is 1. The minimum absolute atomic E-state index is 0.144. The fourth-order valence-corrected chi connectivity index (χ4v) is 5.58. The highest BCUT2D eigenvalue weighted by atomic mass is 32.1. The number of rotatable bonds is 5. The van der Waals surface area contributed by atoms with Crippen LogP contribution in [-0.2, 0) is 4.74 Å². The number of carbonyl (C=O) groups is 1. The highest BCUT2D eigenvalue weighted by Gasteiger charge is 2.42. The monoisotopic (exact) mass is 510 g/mol. The molecule has 0 saturated carbocycles. The van der Waals surface area contributed by atoms with Crippen LogP contribution in [0.2, 0.25) is 0 Å². The number of ether oxygens (including phenoxy) is 1. The summed E-state index contributed by atoms with van der Waals surface area (Å²) in [6.45, 7) is 8.37. The van der Waals surface area contributed by atoms with Crippen LogP contribution in [0.5, 0.6) is 0 Å². The van der Waals surface area contributed by atoms with Crippen molar-refractivity contribution in [2.24, 2.45) is 0 Å². The maximum atomic E-state index is 12.6. The number of aryl methyl sites for hydroxylation is 3. The van der Waals surface area contributed by atoms with Crippen molar-refractivity contribution in [2.45, 2.75) is 39.8 Å². The normalized spacial score (nSPS) is 17.1. The highest BCUT2D eigenvalue weighted by Crippen LogP contribution is 2.44. The van der Waals surface area contributed by atoms with Crippen molar-refractivity contribution in [3.8, 4) is 5.69 Å². The molecule has 1 N–H and O–H groups in total. The number of esters is 1. The first kappa shape index (κ1) is 24.7. The number of nitrogens with zero attached hydrogens (tertiary/aromatic N) is 3. The molecule has 188 valence electrons. The average Bonchev–Trinajstić information content (AvgIpc) is 3.40. The lowest BCUT2D eigenvalue weighted by atomic mass is 9.96. The number of aromatic nitrogens is 2. The summed E-state index contributed by atoms with van der Waals surface area (Å²) in [4.78, 5) is 19.5. The van der Waals surface area contributed by atoms with Gasteiger partial charge in [0.1, 0.15) is 0 Å². The second-order valence-electron chi connectivity index (χ2n) is 9.44. The van der Waals surface area contributed by atoms with Gasteiger partial charge in [-0.25, -0.2) is 4.79 Å². The van der Waals surface area contributed by atoms with Crippen LogP contribution in [0.15, 0.2) is 72.9 Å². The fourth-order valence-electron chi connectivity index (χ4n) is 5.23. The Morgan fingerprint density at radius 3 is 2.43 bits per heavy atom. The van der Waals surface area contributed by atoms with Crippen molar-refractivity contribution in [1.29, 1.82) is 0 Å². The molecule has 1 aliphatic heterocycles. The first-order valence-electron chi connectivity index (χ1n) is 12.3. The SMILES string of the molecule is COC(=O)c1ccccc1-n1c(C)cc([C@H]2[C@@H](c3ccccn3)NC(=S)N2c2ccc(C)c(C)c2)c1C. The molecule has 0 unspecified atom stereocenters. The van der Waals surface area contributed by atoms with Gasteiger partial charge >= 0.3 is 5.97 Å². The van der Waals surface area contributed by atoms with Crippen LogP contribution < -0.4 is 10.2 Å². The van der Waals surface area contributed by atoms with Gasteiger partial charge in [0.25, 0.3) is 0 Å². The largest absolute Gasteiger partial charge is 0.465 e. The second kappa shape index (κ2) is 9.82. The molecule has 2 aromatic carbocycles. The van der Waals surface area contributed by atoms with Crippen molar-refractivity contribution in [2.75, 3.05) is 12.0 Å². The van der Waals surface area contributed by atoms with Crippen LogP contribution in [0.3, 0.4) is 0 Å². The van der Waals surface area contributed by atoms with Crippen molar-refractivity contribution >= 4 is 29.0 Å². The van der Waals surface area contributed by atoms with E-state index in [9.17, 15) is 4.79 Å². The van der Waals surface area contributed by atoms with Crippen LogP contribution in [0, 0.1) is 27.7 Å². The number of para-hydroxylation sites is 1. The predicted molar refractivity (Wildman–Crippen MR) is 150 cm³/mol. The molecule has 6 nitrogen and oxygen atoms in total. The van der Waals surface area contributed by atoms with E-state index in [1.54, 1.807) is 6.07 Å². The summed E-state index contributed by atoms with van der Waals surface area (Å²) in [5, 5.41) is 4.20. The van der Waals surface area contributed by atoms with E-state index < -0.39 is 0 Å². The molecule has 3 heterocycles. The van der Waals surface area contributed by atoms with Crippen molar-refractivity contribution in [1.82, 2.24) is 14.9 Å². The molecule has 1 saturated heterocycles. The standard InChI is InChI=1S/C30H30N4O2S/c1-18-13-14-22(16-19(18)2)34-28(27(32-30(34)37)25-11-8-9-15-31-25)24-17-20(3)33(21(24)4)26-12-7-6-10-23(26)29(35)36-5/h6-17,27-28H,1-5H3,(H,32,37)/t27-,28+/m1/s1. The van der Waals surface area contributed by atoms with Crippen molar-refractivity contribution in [3.63, 3.8) is 0 Å². The summed E-state index contributed by atoms with van der Waals surface area (Å²) >= 11 is 5.92. The van der Waals surface area contributed by atoms with Gasteiger partial charge in [0, 0.05) is 23.3 Å². The molecule has 1 fully saturated rings. The zero-order valence-electron chi connectivity index (χ0n) is 21.6. The number of methoxy groups -OCH3 is 1. The topological polar surface area (TPSA) is 59.4 Å². The number of benzene rings is 2. The van der Waals surface area contributed by atoms with Gasteiger partial charge < -0.3 is 19.5 Å². The van der Waals surface area contributed by atoms with E-state index in [0.717, 1.165) is 34.0 Å². The first-order valence-corrected chi connectivity index (χ1v) is 12.7. The van der Waals surface area contributed by atoms with Crippen LogP contribution in [0.25, 0.3) is 5.69 Å². The lowest BCUT2D eigenvalue weighted by Crippen LogP contribution is -2.29. The van der Waals surface area contributed by atoms with Gasteiger partial charge in [-0.1, -0.05) is 24.3 Å². The van der Waals surface area contributed by atoms with Gasteiger partial charge in [-0.3, -0.25) is 4.98 Å². The molecule has 2 aromatic heterocycles. The van der Waals surface area contributed by atoms with Crippen molar-refractivity contribution in [3.05, 3.63) is 112 Å². The number of carbonyl (C=O) groups excluding carboxylic acids is 1. The van der Waals surface area contributed by atoms with Crippen LogP contribution in [0.1, 0.15) is 56.2 Å². The minimum atomic E-state index is -0.364. The summed E-state index contributed by atoms with van der Waals surface area (Å²) in [5.74, 6) is -0.364. The molecule has 0 bridgehead atoms. The Balaban J connectivity index is 1.70. The van der Waals surface area contributed by atoms with Gasteiger partial charge in [-0.05, 0) is 99.1 Å². The van der Waals surface area contributed by atoms with Gasteiger partial charge in [0.15, 0.2) is 5.11 Å². The Bertz CT molecular complexity index is 1490. The quantitative estimate of drug-likeness (QED) is 0.260. The van der Waals surface area contributed by atoms with Crippen LogP contribution in [0.4, 0.5) is 5.69 Å². The van der Waals surface area contributed by atoms with Gasteiger partial charge in [-0.2, -0.15) is 0 Å². The summed E-state index contributed by atoms with van der Waals surface area (Å²) in [6, 6.07) is 21.8. The Morgan fingerprint density at radius 2 is 1.73 bits per heavy atom. The van der Waals surface area contributed by atoms with Crippen LogP contribution in [-0.4, -0.2) is 27.7 Å². The minimum Gasteiger partial charge on any atom is -0.465 e. The number of anilines is 1. The molecule has 0 radical (unpaired) electrons. The van der Waals surface area contributed by atoms with E-state index in [1.807, 2.05) is 42.6 Å². The third-order valence-electron chi connectivity index (χ3n) is 7.21. The van der Waals surface area contributed by atoms with Gasteiger partial charge in [0.2, 0.25) is 0 Å². The number of pyridine rings is 1. The Hall–Kier alpha value is -3.97. The van der Waals surface area contributed by atoms with Crippen LogP contribution >= 0.6 is 12.2 Å². The Labute approximate surface area is 222 Å². The number of nitrogens with one attached hydrogen (secondary N) is 1. The molecule has 7 heteroatoms. The van der Waals surface area contributed by atoms with E-state index >= 15 is 0 Å². The summed E-state index contributed by atoms with van der Waals surface area (Å²) in [6.07, 6.45) is 1.81. The third kappa shape index (κ3) is 4.29. The molecular weight excluding hydrogens is 480 g/mol. The molecule has 0 spiro atoms. The molecule has 2 atom stereocenters. The van der Waals surface area contributed by atoms with E-state index in [-0.39, 0.29) is 18.1 Å². The zero-order valence-corrected chi connectivity index (χ0v) is 22.5. The molecule has 37 heavy (non-hydrogen) atoms. The second-order valence-corrected chi connectivity index (χ2v) is 9.82. The molecule has 0 aliphatic carbocycles. The van der Waals surface area contributed by atoms with Crippen molar-refractivity contribution < 1.29 is 9.53 Å². The van der Waals surface area contributed by atoms with E-state index in [4.69, 9.17) is 17.0 Å². The first-order chi connectivity index (χ1) is 17.8. The molecule has 4 aromatic rings. The third-order valence-corrected chi connectivity index (χ3v) is 7.52. The summed E-state index contributed by atoms with van der Waals surface area (Å²) in [7, 11) is 1.41. The van der Waals surface area contributed by atoms with Gasteiger partial charge in [-0.15, -0.1) is 0 Å². The smallest absolute Gasteiger partial charge is 0.339 e. The number of thiocarbonyl (C=S) groups is 1. The van der Waals surface area contributed by atoms with Gasteiger partial charge in [0.05, 0.1) is 36.1 Å². The maximum absolute atomic E-state index is 12.6. The lowest BCUT2D eigenvalue weighted by Gasteiger charge is -2.28. The molecule has 5 rings (SSSR count). The average molecular weight is 511 g/mol. The molecule has 1 aliphatic rings. The Kier molecular flexibility index (Phi) is 6.56. The number of hydrogen-bond acceptors (Lipinski definition) is 4. The fraction of sp³-hybridized carbons (Fsp3) is 0.233. The molecular formula is C30H30N4O2S. The summed E-state index contributed by atoms with van der Waals surface area (Å²) < 4.78 is 7.20. The molecule has 0 amide bonds. The summed E-state index contributed by atoms with van der Waals surface area (Å²) in [5.41, 5.74) is 8.85. The van der Waals surface area contributed by atoms with E-state index in [2.05, 4.69) is 71.7 Å². The predicted octanol–water partition coefficient (Wildman–Crippen LogP) is 6.07. The maximum Gasteiger partial charge on any atom is 0.339 e. The van der Waals surface area contributed by atoms with E-state index in [1.165, 1.54) is 18.2 Å².